The van der Waals surface area contributed by atoms with Gasteiger partial charge in [0.1, 0.15) is 5.75 Å². The minimum absolute atomic E-state index is 0.0256. The van der Waals surface area contributed by atoms with E-state index in [9.17, 15) is 14.7 Å². The topological polar surface area (TPSA) is 89.9 Å². The van der Waals surface area contributed by atoms with Crippen molar-refractivity contribution in [2.75, 3.05) is 25.0 Å². The second-order valence-corrected chi connectivity index (χ2v) is 4.88. The van der Waals surface area contributed by atoms with Crippen LogP contribution in [0.5, 0.6) is 5.75 Å². The first-order chi connectivity index (χ1) is 9.56. The molecule has 1 saturated heterocycles. The van der Waals surface area contributed by atoms with Crippen molar-refractivity contribution < 1.29 is 19.8 Å². The molecule has 108 valence electrons. The molecule has 1 aliphatic heterocycles. The molecule has 3 N–H and O–H groups in total. The van der Waals surface area contributed by atoms with E-state index >= 15 is 0 Å². The number of likely N-dealkylation sites (tertiary alicyclic amines) is 1. The fourth-order valence-electron chi connectivity index (χ4n) is 2.25. The normalized spacial score (nSPS) is 15.2. The van der Waals surface area contributed by atoms with Crippen molar-refractivity contribution in [3.63, 3.8) is 0 Å². The third-order valence-corrected chi connectivity index (χ3v) is 3.37. The van der Waals surface area contributed by atoms with Gasteiger partial charge in [-0.3, -0.25) is 4.79 Å². The largest absolute Gasteiger partial charge is 0.506 e. The standard InChI is InChI=1S/C14H18N2O4/c17-12-4-3-10(14(19)20)9-11(12)15-13(18)5-8-16-6-1-2-7-16/h3-4,9,17H,1-2,5-8H2,(H,15,18)(H,19,20). The predicted molar refractivity (Wildman–Crippen MR) is 74.0 cm³/mol. The Bertz CT molecular complexity index is 510. The highest BCUT2D eigenvalue weighted by atomic mass is 16.4. The Morgan fingerprint density at radius 1 is 1.25 bits per heavy atom. The Balaban J connectivity index is 1.92. The zero-order valence-electron chi connectivity index (χ0n) is 11.1. The van der Waals surface area contributed by atoms with Crippen LogP contribution in [-0.4, -0.2) is 46.6 Å². The van der Waals surface area contributed by atoms with Crippen LogP contribution in [0, 0.1) is 0 Å². The van der Waals surface area contributed by atoms with E-state index in [2.05, 4.69) is 10.2 Å². The van der Waals surface area contributed by atoms with Crippen LogP contribution in [0.4, 0.5) is 5.69 Å². The maximum absolute atomic E-state index is 11.8. The van der Waals surface area contributed by atoms with Gasteiger partial charge in [0.05, 0.1) is 11.3 Å². The Morgan fingerprint density at radius 2 is 1.95 bits per heavy atom. The number of phenols is 1. The van der Waals surface area contributed by atoms with Gasteiger partial charge in [0.2, 0.25) is 5.91 Å². The van der Waals surface area contributed by atoms with Crippen molar-refractivity contribution >= 4 is 17.6 Å². The lowest BCUT2D eigenvalue weighted by Gasteiger charge is -2.14. The molecule has 0 radical (unpaired) electrons. The summed E-state index contributed by atoms with van der Waals surface area (Å²) in [6, 6.07) is 3.81. The quantitative estimate of drug-likeness (QED) is 0.710. The van der Waals surface area contributed by atoms with Gasteiger partial charge < -0.3 is 20.4 Å². The second kappa shape index (κ2) is 6.38. The molecule has 0 atom stereocenters. The van der Waals surface area contributed by atoms with E-state index in [4.69, 9.17) is 5.11 Å². The Morgan fingerprint density at radius 3 is 2.60 bits per heavy atom. The summed E-state index contributed by atoms with van der Waals surface area (Å²) in [5, 5.41) is 21.1. The number of rotatable bonds is 5. The van der Waals surface area contributed by atoms with E-state index in [0.29, 0.717) is 13.0 Å². The lowest BCUT2D eigenvalue weighted by atomic mass is 10.2. The van der Waals surface area contributed by atoms with Gasteiger partial charge in [-0.25, -0.2) is 4.79 Å². The average Bonchev–Trinajstić information content (AvgIpc) is 2.92. The van der Waals surface area contributed by atoms with E-state index in [1.807, 2.05) is 0 Å². The Kier molecular flexibility index (Phi) is 4.57. The minimum atomic E-state index is -1.10. The number of hydrogen-bond donors (Lipinski definition) is 3. The minimum Gasteiger partial charge on any atom is -0.506 e. The Labute approximate surface area is 117 Å². The van der Waals surface area contributed by atoms with Crippen molar-refractivity contribution in [1.82, 2.24) is 4.90 Å². The zero-order valence-corrected chi connectivity index (χ0v) is 11.1. The van der Waals surface area contributed by atoms with E-state index in [1.165, 1.54) is 31.0 Å². The molecular weight excluding hydrogens is 260 g/mol. The number of carboxylic acids is 1. The number of amides is 1. The van der Waals surface area contributed by atoms with Crippen LogP contribution in [0.25, 0.3) is 0 Å². The molecule has 1 amide bonds. The van der Waals surface area contributed by atoms with Crippen LogP contribution in [0.15, 0.2) is 18.2 Å². The number of aromatic carboxylic acids is 1. The van der Waals surface area contributed by atoms with Gasteiger partial charge in [-0.2, -0.15) is 0 Å². The molecule has 1 heterocycles. The summed E-state index contributed by atoms with van der Waals surface area (Å²) in [5.74, 6) is -1.46. The molecule has 0 unspecified atom stereocenters. The summed E-state index contributed by atoms with van der Waals surface area (Å²) < 4.78 is 0. The summed E-state index contributed by atoms with van der Waals surface area (Å²) in [4.78, 5) is 24.9. The number of hydrogen-bond acceptors (Lipinski definition) is 4. The second-order valence-electron chi connectivity index (χ2n) is 4.88. The molecule has 0 aliphatic carbocycles. The molecule has 0 spiro atoms. The summed E-state index contributed by atoms with van der Waals surface area (Å²) in [7, 11) is 0. The number of nitrogens with one attached hydrogen (secondary N) is 1. The van der Waals surface area contributed by atoms with Crippen molar-refractivity contribution in [2.45, 2.75) is 19.3 Å². The van der Waals surface area contributed by atoms with Crippen LogP contribution in [-0.2, 0) is 4.79 Å². The molecule has 1 aromatic carbocycles. The van der Waals surface area contributed by atoms with Crippen molar-refractivity contribution in [3.05, 3.63) is 23.8 Å². The monoisotopic (exact) mass is 278 g/mol. The molecule has 6 heteroatoms. The summed E-state index contributed by atoms with van der Waals surface area (Å²) in [5.41, 5.74) is 0.161. The number of carbonyl (C=O) groups excluding carboxylic acids is 1. The molecule has 1 aromatic rings. The van der Waals surface area contributed by atoms with Gasteiger partial charge in [-0.1, -0.05) is 0 Å². The third-order valence-electron chi connectivity index (χ3n) is 3.37. The van der Waals surface area contributed by atoms with Gasteiger partial charge in [-0.05, 0) is 44.1 Å². The zero-order chi connectivity index (χ0) is 14.5. The number of anilines is 1. The van der Waals surface area contributed by atoms with Crippen molar-refractivity contribution in [1.29, 1.82) is 0 Å². The molecule has 1 aliphatic rings. The number of benzene rings is 1. The summed E-state index contributed by atoms with van der Waals surface area (Å²) in [6.45, 7) is 2.73. The number of nitrogens with zero attached hydrogens (tertiary/aromatic N) is 1. The van der Waals surface area contributed by atoms with Gasteiger partial charge in [0.15, 0.2) is 0 Å². The molecule has 6 nitrogen and oxygen atoms in total. The molecular formula is C14H18N2O4. The molecule has 1 fully saturated rings. The smallest absolute Gasteiger partial charge is 0.335 e. The molecule has 2 rings (SSSR count). The van der Waals surface area contributed by atoms with Crippen LogP contribution in [0.2, 0.25) is 0 Å². The van der Waals surface area contributed by atoms with E-state index < -0.39 is 5.97 Å². The number of phenolic OH excluding ortho intramolecular Hbond substituents is 1. The molecule has 0 saturated carbocycles. The summed E-state index contributed by atoms with van der Waals surface area (Å²) in [6.07, 6.45) is 2.67. The first kappa shape index (κ1) is 14.3. The molecule has 0 bridgehead atoms. The summed E-state index contributed by atoms with van der Waals surface area (Å²) >= 11 is 0. The number of carboxylic acid groups (broad SMARTS) is 1. The van der Waals surface area contributed by atoms with Crippen LogP contribution in [0.1, 0.15) is 29.6 Å². The van der Waals surface area contributed by atoms with Gasteiger partial charge in [-0.15, -0.1) is 0 Å². The van der Waals surface area contributed by atoms with Crippen molar-refractivity contribution in [2.24, 2.45) is 0 Å². The highest BCUT2D eigenvalue weighted by molar-refractivity contribution is 5.95. The first-order valence-electron chi connectivity index (χ1n) is 6.65. The average molecular weight is 278 g/mol. The van der Waals surface area contributed by atoms with Crippen LogP contribution >= 0.6 is 0 Å². The first-order valence-corrected chi connectivity index (χ1v) is 6.65. The van der Waals surface area contributed by atoms with Gasteiger partial charge in [0, 0.05) is 13.0 Å². The van der Waals surface area contributed by atoms with Gasteiger partial charge in [0.25, 0.3) is 0 Å². The van der Waals surface area contributed by atoms with Crippen molar-refractivity contribution in [3.8, 4) is 5.75 Å². The highest BCUT2D eigenvalue weighted by Crippen LogP contribution is 2.24. The predicted octanol–water partition coefficient (Wildman–Crippen LogP) is 1.51. The van der Waals surface area contributed by atoms with Crippen LogP contribution < -0.4 is 5.32 Å². The maximum Gasteiger partial charge on any atom is 0.335 e. The van der Waals surface area contributed by atoms with Crippen LogP contribution in [0.3, 0.4) is 0 Å². The molecule has 0 aromatic heterocycles. The van der Waals surface area contributed by atoms with Gasteiger partial charge >= 0.3 is 5.97 Å². The highest BCUT2D eigenvalue weighted by Gasteiger charge is 2.14. The van der Waals surface area contributed by atoms with E-state index in [0.717, 1.165) is 13.1 Å². The molecule has 20 heavy (non-hydrogen) atoms. The van der Waals surface area contributed by atoms with E-state index in [-0.39, 0.29) is 22.9 Å². The lowest BCUT2D eigenvalue weighted by Crippen LogP contribution is -2.25. The van der Waals surface area contributed by atoms with E-state index in [1.54, 1.807) is 0 Å². The third kappa shape index (κ3) is 3.71. The maximum atomic E-state index is 11.8. The number of aromatic hydroxyl groups is 1. The lowest BCUT2D eigenvalue weighted by molar-refractivity contribution is -0.116. The fraction of sp³-hybridized carbons (Fsp3) is 0.429. The Hall–Kier alpha value is -2.08. The number of carbonyl (C=O) groups is 2. The SMILES string of the molecule is O=C(CCN1CCCC1)Nc1cc(C(=O)O)ccc1O. The fourth-order valence-corrected chi connectivity index (χ4v) is 2.25.